The van der Waals surface area contributed by atoms with Crippen LogP contribution in [0.5, 0.6) is 0 Å². The summed E-state index contributed by atoms with van der Waals surface area (Å²) in [5.74, 6) is -0.529. The van der Waals surface area contributed by atoms with Crippen LogP contribution in [0, 0.1) is 11.8 Å². The van der Waals surface area contributed by atoms with Crippen LogP contribution < -0.4 is 5.32 Å². The summed E-state index contributed by atoms with van der Waals surface area (Å²) in [6, 6.07) is 30.4. The van der Waals surface area contributed by atoms with E-state index in [2.05, 4.69) is 41.7 Å². The number of benzene rings is 3. The molecule has 1 heterocycles. The van der Waals surface area contributed by atoms with E-state index in [0.717, 1.165) is 29.1 Å². The van der Waals surface area contributed by atoms with Gasteiger partial charge in [-0.3, -0.25) is 9.59 Å². The third kappa shape index (κ3) is 4.46. The summed E-state index contributed by atoms with van der Waals surface area (Å²) in [6.45, 7) is 0.802. The molecule has 0 spiro atoms. The summed E-state index contributed by atoms with van der Waals surface area (Å²) in [6.07, 6.45) is 3.51. The second-order valence-corrected chi connectivity index (χ2v) is 9.93. The Labute approximate surface area is 199 Å². The summed E-state index contributed by atoms with van der Waals surface area (Å²) in [4.78, 5) is 27.5. The molecule has 0 amide bonds. The van der Waals surface area contributed by atoms with Crippen molar-refractivity contribution in [2.24, 2.45) is 11.8 Å². The molecule has 166 valence electrons. The number of thioether (sulfide) groups is 1. The second kappa shape index (κ2) is 9.90. The van der Waals surface area contributed by atoms with E-state index in [0.29, 0.717) is 0 Å². The topological polar surface area (TPSA) is 46.2 Å². The number of carbonyl (C=O) groups excluding carboxylic acids is 2. The molecular formula is C29H27NO2S. The summed E-state index contributed by atoms with van der Waals surface area (Å²) in [7, 11) is 0. The average Bonchev–Trinajstić information content (AvgIpc) is 3.40. The molecule has 4 atom stereocenters. The van der Waals surface area contributed by atoms with Gasteiger partial charge in [0.25, 0.3) is 0 Å². The molecule has 0 radical (unpaired) electrons. The van der Waals surface area contributed by atoms with Crippen LogP contribution in [0.2, 0.25) is 0 Å². The van der Waals surface area contributed by atoms with Gasteiger partial charge in [0.05, 0.1) is 5.92 Å². The van der Waals surface area contributed by atoms with Gasteiger partial charge in [-0.2, -0.15) is 0 Å². The maximum absolute atomic E-state index is 14.2. The van der Waals surface area contributed by atoms with E-state index in [4.69, 9.17) is 0 Å². The van der Waals surface area contributed by atoms with Crippen molar-refractivity contribution >= 4 is 23.3 Å². The maximum Gasteiger partial charge on any atom is 0.166 e. The fourth-order valence-electron chi connectivity index (χ4n) is 5.26. The Morgan fingerprint density at radius 3 is 1.82 bits per heavy atom. The molecular weight excluding hydrogens is 426 g/mol. The molecule has 3 nitrogen and oxygen atoms in total. The lowest BCUT2D eigenvalue weighted by Crippen LogP contribution is -2.42. The zero-order chi connectivity index (χ0) is 22.6. The van der Waals surface area contributed by atoms with Gasteiger partial charge < -0.3 is 5.32 Å². The molecule has 1 fully saturated rings. The Hall–Kier alpha value is -2.95. The van der Waals surface area contributed by atoms with Crippen LogP contribution in [0.1, 0.15) is 28.5 Å². The van der Waals surface area contributed by atoms with Crippen LogP contribution in [0.15, 0.2) is 103 Å². The minimum absolute atomic E-state index is 0.0292. The first-order valence-electron chi connectivity index (χ1n) is 11.5. The molecule has 0 saturated carbocycles. The summed E-state index contributed by atoms with van der Waals surface area (Å²) >= 11 is 1.81. The van der Waals surface area contributed by atoms with Gasteiger partial charge in [-0.25, -0.2) is 0 Å². The van der Waals surface area contributed by atoms with Crippen LogP contribution in [-0.4, -0.2) is 29.2 Å². The standard InChI is InChI=1S/C29H27NO2S/c31-24-17-16-23(26(20-10-4-1-5-11-20)21-12-6-2-7-13-21)29(32)28(24)27(25-18-30-19-33-25)22-14-8-3-9-15-22/h1-17,23,25-28,30H,18-19H2. The zero-order valence-electron chi connectivity index (χ0n) is 18.3. The monoisotopic (exact) mass is 453 g/mol. The van der Waals surface area contributed by atoms with Gasteiger partial charge >= 0.3 is 0 Å². The average molecular weight is 454 g/mol. The molecule has 1 aliphatic heterocycles. The molecule has 4 heteroatoms. The van der Waals surface area contributed by atoms with Crippen molar-refractivity contribution in [3.05, 3.63) is 120 Å². The fraction of sp³-hybridized carbons (Fsp3) is 0.241. The van der Waals surface area contributed by atoms with Gasteiger partial charge in [-0.1, -0.05) is 97.1 Å². The first-order chi connectivity index (χ1) is 16.2. The Morgan fingerprint density at radius 2 is 1.30 bits per heavy atom. The minimum Gasteiger partial charge on any atom is -0.307 e. The van der Waals surface area contributed by atoms with Crippen molar-refractivity contribution in [1.29, 1.82) is 0 Å². The number of ketones is 2. The van der Waals surface area contributed by atoms with Crippen LogP contribution in [0.25, 0.3) is 0 Å². The van der Waals surface area contributed by atoms with Crippen LogP contribution in [-0.2, 0) is 9.59 Å². The van der Waals surface area contributed by atoms with Crippen molar-refractivity contribution in [2.45, 2.75) is 17.1 Å². The fourth-order valence-corrected chi connectivity index (χ4v) is 6.46. The number of hydrogen-bond donors (Lipinski definition) is 1. The Morgan fingerprint density at radius 1 is 0.758 bits per heavy atom. The van der Waals surface area contributed by atoms with Gasteiger partial charge in [0, 0.05) is 35.4 Å². The highest BCUT2D eigenvalue weighted by atomic mass is 32.2. The highest BCUT2D eigenvalue weighted by molar-refractivity contribution is 8.00. The Bertz CT molecular complexity index is 1080. The molecule has 1 aliphatic carbocycles. The van der Waals surface area contributed by atoms with Crippen LogP contribution >= 0.6 is 11.8 Å². The lowest BCUT2D eigenvalue weighted by Gasteiger charge is -2.35. The molecule has 3 aromatic carbocycles. The van der Waals surface area contributed by atoms with E-state index in [1.54, 1.807) is 17.8 Å². The lowest BCUT2D eigenvalue weighted by molar-refractivity contribution is -0.134. The Balaban J connectivity index is 1.58. The third-order valence-corrected chi connectivity index (χ3v) is 8.03. The van der Waals surface area contributed by atoms with Crippen LogP contribution in [0.4, 0.5) is 0 Å². The van der Waals surface area contributed by atoms with E-state index in [-0.39, 0.29) is 34.6 Å². The summed E-state index contributed by atoms with van der Waals surface area (Å²) < 4.78 is 0. The summed E-state index contributed by atoms with van der Waals surface area (Å²) in [5.41, 5.74) is 3.25. The largest absolute Gasteiger partial charge is 0.307 e. The SMILES string of the molecule is O=C1C=CC(C(c2ccccc2)c2ccccc2)C(=O)C1C(c1ccccc1)C1CNCS1. The van der Waals surface area contributed by atoms with E-state index in [1.807, 2.05) is 60.7 Å². The number of allylic oxidation sites excluding steroid dienone is 2. The first kappa shape index (κ1) is 21.9. The highest BCUT2D eigenvalue weighted by Crippen LogP contribution is 2.44. The predicted octanol–water partition coefficient (Wildman–Crippen LogP) is 5.21. The van der Waals surface area contributed by atoms with Gasteiger partial charge in [0.2, 0.25) is 0 Å². The molecule has 5 rings (SSSR count). The highest BCUT2D eigenvalue weighted by Gasteiger charge is 2.46. The van der Waals surface area contributed by atoms with Gasteiger partial charge in [-0.05, 0) is 22.8 Å². The van der Waals surface area contributed by atoms with Gasteiger partial charge in [0.1, 0.15) is 0 Å². The number of carbonyl (C=O) groups is 2. The molecule has 33 heavy (non-hydrogen) atoms. The quantitative estimate of drug-likeness (QED) is 0.521. The summed E-state index contributed by atoms with van der Waals surface area (Å²) in [5, 5.41) is 3.58. The second-order valence-electron chi connectivity index (χ2n) is 8.71. The molecule has 4 unspecified atom stereocenters. The van der Waals surface area contributed by atoms with Crippen molar-refractivity contribution in [1.82, 2.24) is 5.32 Å². The van der Waals surface area contributed by atoms with E-state index < -0.39 is 5.92 Å². The maximum atomic E-state index is 14.2. The van der Waals surface area contributed by atoms with E-state index >= 15 is 0 Å². The lowest BCUT2D eigenvalue weighted by atomic mass is 9.67. The van der Waals surface area contributed by atoms with Gasteiger partial charge in [-0.15, -0.1) is 11.8 Å². The molecule has 1 saturated heterocycles. The molecule has 0 bridgehead atoms. The van der Waals surface area contributed by atoms with Crippen LogP contribution in [0.3, 0.4) is 0 Å². The normalized spacial score (nSPS) is 23.7. The van der Waals surface area contributed by atoms with Crippen molar-refractivity contribution in [2.75, 3.05) is 12.4 Å². The molecule has 3 aromatic rings. The van der Waals surface area contributed by atoms with E-state index in [9.17, 15) is 9.59 Å². The number of Topliss-reactive ketones (excluding diaryl/α,β-unsaturated/α-hetero) is 1. The van der Waals surface area contributed by atoms with Crippen molar-refractivity contribution < 1.29 is 9.59 Å². The minimum atomic E-state index is -0.672. The molecule has 2 aliphatic rings. The molecule has 0 aromatic heterocycles. The van der Waals surface area contributed by atoms with Crippen molar-refractivity contribution in [3.63, 3.8) is 0 Å². The zero-order valence-corrected chi connectivity index (χ0v) is 19.2. The smallest absolute Gasteiger partial charge is 0.166 e. The predicted molar refractivity (Wildman–Crippen MR) is 134 cm³/mol. The van der Waals surface area contributed by atoms with Gasteiger partial charge in [0.15, 0.2) is 11.6 Å². The van der Waals surface area contributed by atoms with Crippen molar-refractivity contribution in [3.8, 4) is 0 Å². The number of nitrogens with one attached hydrogen (secondary N) is 1. The third-order valence-electron chi connectivity index (χ3n) is 6.78. The number of hydrogen-bond acceptors (Lipinski definition) is 4. The molecule has 1 N–H and O–H groups in total. The first-order valence-corrected chi connectivity index (χ1v) is 12.5. The Kier molecular flexibility index (Phi) is 6.56. The number of rotatable bonds is 6. The van der Waals surface area contributed by atoms with E-state index in [1.165, 1.54) is 0 Å².